The second-order valence-corrected chi connectivity index (χ2v) is 4.59. The Kier molecular flexibility index (Phi) is 5.88. The number of rotatable bonds is 6. The first-order valence-corrected chi connectivity index (χ1v) is 6.37. The molecule has 1 aliphatic rings. The van der Waals surface area contributed by atoms with E-state index in [1.54, 1.807) is 6.92 Å². The van der Waals surface area contributed by atoms with Gasteiger partial charge in [-0.2, -0.15) is 0 Å². The van der Waals surface area contributed by atoms with Gasteiger partial charge in [0.2, 0.25) is 0 Å². The first kappa shape index (κ1) is 14.4. The highest BCUT2D eigenvalue weighted by molar-refractivity contribution is 5.81. The third-order valence-corrected chi connectivity index (χ3v) is 3.09. The topological polar surface area (TPSA) is 78.8 Å². The van der Waals surface area contributed by atoms with Crippen LogP contribution in [0.3, 0.4) is 0 Å². The maximum absolute atomic E-state index is 11.7. The number of hydrogen-bond acceptors (Lipinski definition) is 4. The van der Waals surface area contributed by atoms with Gasteiger partial charge in [-0.25, -0.2) is 0 Å². The molecule has 17 heavy (non-hydrogen) atoms. The minimum atomic E-state index is -1.12. The van der Waals surface area contributed by atoms with Crippen LogP contribution < -0.4 is 5.32 Å². The Morgan fingerprint density at radius 3 is 2.47 bits per heavy atom. The normalized spacial score (nSPS) is 32.7. The molecule has 0 bridgehead atoms. The molecule has 0 spiro atoms. The average molecular weight is 245 g/mol. The summed E-state index contributed by atoms with van der Waals surface area (Å²) in [5.41, 5.74) is 0. The minimum Gasteiger partial charge on any atom is -0.388 e. The van der Waals surface area contributed by atoms with Crippen molar-refractivity contribution in [3.63, 3.8) is 0 Å². The molecule has 0 aromatic carbocycles. The van der Waals surface area contributed by atoms with Gasteiger partial charge in [0.25, 0.3) is 5.91 Å². The summed E-state index contributed by atoms with van der Waals surface area (Å²) in [6, 6.07) is 0. The van der Waals surface area contributed by atoms with E-state index in [4.69, 9.17) is 4.74 Å². The van der Waals surface area contributed by atoms with E-state index < -0.39 is 24.4 Å². The van der Waals surface area contributed by atoms with Gasteiger partial charge in [0.15, 0.2) is 6.10 Å². The number of amides is 1. The molecular weight excluding hydrogens is 222 g/mol. The Labute approximate surface area is 102 Å². The first-order chi connectivity index (χ1) is 8.07. The van der Waals surface area contributed by atoms with Gasteiger partial charge < -0.3 is 20.3 Å². The van der Waals surface area contributed by atoms with Crippen molar-refractivity contribution in [2.75, 3.05) is 6.54 Å². The molecule has 2 unspecified atom stereocenters. The molecule has 0 aromatic rings. The fourth-order valence-corrected chi connectivity index (χ4v) is 1.93. The predicted octanol–water partition coefficient (Wildman–Crippen LogP) is 0.192. The second-order valence-electron chi connectivity index (χ2n) is 4.59. The minimum absolute atomic E-state index is 0.336. The summed E-state index contributed by atoms with van der Waals surface area (Å²) >= 11 is 0. The van der Waals surface area contributed by atoms with Crippen LogP contribution in [-0.2, 0) is 9.53 Å². The number of hydrogen-bond donors (Lipinski definition) is 3. The van der Waals surface area contributed by atoms with E-state index in [-0.39, 0.29) is 5.91 Å². The highest BCUT2D eigenvalue weighted by Crippen LogP contribution is 2.20. The van der Waals surface area contributed by atoms with Crippen LogP contribution in [0.4, 0.5) is 0 Å². The standard InChI is InChI=1S/C12H23NO4/c1-3-4-5-6-7-13-12(16)11-10(15)9(14)8(2)17-11/h8-11,14-15H,3-7H2,1-2H3,(H,13,16)/t8-,9?,10?,11-/m0/s1. The molecule has 0 aromatic heterocycles. The molecule has 0 radical (unpaired) electrons. The smallest absolute Gasteiger partial charge is 0.251 e. The van der Waals surface area contributed by atoms with Gasteiger partial charge in [0, 0.05) is 6.54 Å². The molecule has 0 saturated carbocycles. The number of unbranched alkanes of at least 4 members (excludes halogenated alkanes) is 3. The molecule has 5 nitrogen and oxygen atoms in total. The Bertz CT molecular complexity index is 247. The van der Waals surface area contributed by atoms with Gasteiger partial charge in [-0.05, 0) is 13.3 Å². The lowest BCUT2D eigenvalue weighted by molar-refractivity contribution is -0.135. The van der Waals surface area contributed by atoms with Gasteiger partial charge in [-0.15, -0.1) is 0 Å². The lowest BCUT2D eigenvalue weighted by atomic mass is 10.1. The van der Waals surface area contributed by atoms with Crippen molar-refractivity contribution in [1.29, 1.82) is 0 Å². The summed E-state index contributed by atoms with van der Waals surface area (Å²) in [6.07, 6.45) is 0.791. The number of ether oxygens (including phenoxy) is 1. The van der Waals surface area contributed by atoms with Gasteiger partial charge >= 0.3 is 0 Å². The van der Waals surface area contributed by atoms with Crippen molar-refractivity contribution in [1.82, 2.24) is 5.32 Å². The molecule has 1 heterocycles. The third-order valence-electron chi connectivity index (χ3n) is 3.09. The monoisotopic (exact) mass is 245 g/mol. The second kappa shape index (κ2) is 6.93. The Morgan fingerprint density at radius 2 is 1.94 bits per heavy atom. The van der Waals surface area contributed by atoms with E-state index in [9.17, 15) is 15.0 Å². The molecule has 100 valence electrons. The zero-order valence-corrected chi connectivity index (χ0v) is 10.6. The van der Waals surface area contributed by atoms with Crippen molar-refractivity contribution in [3.05, 3.63) is 0 Å². The quantitative estimate of drug-likeness (QED) is 0.584. The molecule has 0 aliphatic carbocycles. The van der Waals surface area contributed by atoms with Crippen LogP contribution in [0, 0.1) is 0 Å². The van der Waals surface area contributed by atoms with Gasteiger partial charge in [-0.3, -0.25) is 4.79 Å². The zero-order chi connectivity index (χ0) is 12.8. The number of aliphatic hydroxyl groups excluding tert-OH is 2. The molecule has 1 fully saturated rings. The molecular formula is C12H23NO4. The fourth-order valence-electron chi connectivity index (χ4n) is 1.93. The summed E-state index contributed by atoms with van der Waals surface area (Å²) in [6.45, 7) is 4.36. The third kappa shape index (κ3) is 3.94. The number of carbonyl (C=O) groups excluding carboxylic acids is 1. The number of aliphatic hydroxyl groups is 2. The first-order valence-electron chi connectivity index (χ1n) is 6.37. The van der Waals surface area contributed by atoms with Crippen molar-refractivity contribution < 1.29 is 19.7 Å². The molecule has 1 rings (SSSR count). The SMILES string of the molecule is CCCCCCNC(=O)[C@H]1O[C@@H](C)C(O)C1O. The largest absolute Gasteiger partial charge is 0.388 e. The van der Waals surface area contributed by atoms with E-state index in [1.807, 2.05) is 0 Å². The van der Waals surface area contributed by atoms with Crippen LogP contribution in [0.25, 0.3) is 0 Å². The molecule has 4 atom stereocenters. The van der Waals surface area contributed by atoms with E-state index in [1.165, 1.54) is 0 Å². The van der Waals surface area contributed by atoms with Crippen LogP contribution in [0.15, 0.2) is 0 Å². The van der Waals surface area contributed by atoms with Crippen molar-refractivity contribution in [3.8, 4) is 0 Å². The van der Waals surface area contributed by atoms with E-state index >= 15 is 0 Å². The van der Waals surface area contributed by atoms with Crippen LogP contribution in [0.5, 0.6) is 0 Å². The van der Waals surface area contributed by atoms with Crippen molar-refractivity contribution in [2.24, 2.45) is 0 Å². The molecule has 5 heteroatoms. The highest BCUT2D eigenvalue weighted by atomic mass is 16.5. The van der Waals surface area contributed by atoms with E-state index in [2.05, 4.69) is 12.2 Å². The Morgan fingerprint density at radius 1 is 1.24 bits per heavy atom. The highest BCUT2D eigenvalue weighted by Gasteiger charge is 2.43. The fraction of sp³-hybridized carbons (Fsp3) is 0.917. The van der Waals surface area contributed by atoms with Crippen molar-refractivity contribution >= 4 is 5.91 Å². The Hall–Kier alpha value is -0.650. The van der Waals surface area contributed by atoms with Crippen LogP contribution in [0.2, 0.25) is 0 Å². The summed E-state index contributed by atoms with van der Waals surface area (Å²) in [5, 5.41) is 21.8. The summed E-state index contributed by atoms with van der Waals surface area (Å²) in [7, 11) is 0. The summed E-state index contributed by atoms with van der Waals surface area (Å²) in [4.78, 5) is 11.7. The summed E-state index contributed by atoms with van der Waals surface area (Å²) in [5.74, 6) is -0.336. The Balaban J connectivity index is 2.24. The summed E-state index contributed by atoms with van der Waals surface area (Å²) < 4.78 is 5.21. The molecule has 3 N–H and O–H groups in total. The molecule has 1 amide bonds. The maximum Gasteiger partial charge on any atom is 0.251 e. The average Bonchev–Trinajstić information content (AvgIpc) is 2.56. The van der Waals surface area contributed by atoms with Crippen molar-refractivity contribution in [2.45, 2.75) is 63.9 Å². The maximum atomic E-state index is 11.7. The van der Waals surface area contributed by atoms with Crippen LogP contribution in [0.1, 0.15) is 39.5 Å². The lowest BCUT2D eigenvalue weighted by Gasteiger charge is -2.14. The van der Waals surface area contributed by atoms with E-state index in [0.29, 0.717) is 6.54 Å². The van der Waals surface area contributed by atoms with Crippen LogP contribution in [-0.4, -0.2) is 47.1 Å². The number of nitrogens with one attached hydrogen (secondary N) is 1. The number of carbonyl (C=O) groups is 1. The van der Waals surface area contributed by atoms with Crippen LogP contribution >= 0.6 is 0 Å². The lowest BCUT2D eigenvalue weighted by Crippen LogP contribution is -2.43. The van der Waals surface area contributed by atoms with Gasteiger partial charge in [-0.1, -0.05) is 26.2 Å². The van der Waals surface area contributed by atoms with Gasteiger partial charge in [0.1, 0.15) is 12.2 Å². The predicted molar refractivity (Wildman–Crippen MR) is 63.5 cm³/mol. The van der Waals surface area contributed by atoms with E-state index in [0.717, 1.165) is 25.7 Å². The molecule has 1 aliphatic heterocycles. The molecule has 1 saturated heterocycles. The zero-order valence-electron chi connectivity index (χ0n) is 10.6. The van der Waals surface area contributed by atoms with Gasteiger partial charge in [0.05, 0.1) is 6.10 Å².